The first kappa shape index (κ1) is 11.2. The second kappa shape index (κ2) is 4.78. The summed E-state index contributed by atoms with van der Waals surface area (Å²) in [5, 5.41) is 0.849. The van der Waals surface area contributed by atoms with Crippen LogP contribution in [0, 0.1) is 0 Å². The lowest BCUT2D eigenvalue weighted by Gasteiger charge is -2.10. The summed E-state index contributed by atoms with van der Waals surface area (Å²) < 4.78 is 11.0. The number of hydrogen-bond donors (Lipinski definition) is 1. The summed E-state index contributed by atoms with van der Waals surface area (Å²) in [6.07, 6.45) is 2.28. The summed E-state index contributed by atoms with van der Waals surface area (Å²) in [5.74, 6) is 0.447. The van der Waals surface area contributed by atoms with Gasteiger partial charge >= 0.3 is 6.01 Å². The van der Waals surface area contributed by atoms with Crippen molar-refractivity contribution in [2.75, 3.05) is 18.9 Å². The number of hydrogen-bond acceptors (Lipinski definition) is 5. The minimum atomic E-state index is 0.154. The molecular formula is C13H15N3O2. The van der Waals surface area contributed by atoms with Gasteiger partial charge in [0.05, 0.1) is 11.6 Å². The van der Waals surface area contributed by atoms with Crippen LogP contribution in [-0.4, -0.2) is 29.3 Å². The molecule has 1 saturated heterocycles. The Labute approximate surface area is 105 Å². The Bertz CT molecular complexity index is 553. The smallest absolute Gasteiger partial charge is 0.319 e. The van der Waals surface area contributed by atoms with Crippen LogP contribution in [0.15, 0.2) is 24.3 Å². The monoisotopic (exact) mass is 245 g/mol. The summed E-state index contributed by atoms with van der Waals surface area (Å²) in [6, 6.07) is 7.94. The molecule has 3 rings (SSSR count). The van der Waals surface area contributed by atoms with E-state index >= 15 is 0 Å². The predicted molar refractivity (Wildman–Crippen MR) is 68.4 cm³/mol. The Kier molecular flexibility index (Phi) is 2.98. The Morgan fingerprint density at radius 1 is 1.33 bits per heavy atom. The van der Waals surface area contributed by atoms with Gasteiger partial charge in [0.2, 0.25) is 0 Å². The highest BCUT2D eigenvalue weighted by Crippen LogP contribution is 2.20. The van der Waals surface area contributed by atoms with Crippen LogP contribution in [0.2, 0.25) is 0 Å². The minimum absolute atomic E-state index is 0.154. The molecule has 94 valence electrons. The topological polar surface area (TPSA) is 70.3 Å². The van der Waals surface area contributed by atoms with Crippen LogP contribution in [0.25, 0.3) is 10.9 Å². The van der Waals surface area contributed by atoms with Gasteiger partial charge in [-0.1, -0.05) is 12.1 Å². The maximum atomic E-state index is 5.88. The number of fused-ring (bicyclic) bond motifs is 1. The molecule has 1 aliphatic rings. The third kappa shape index (κ3) is 2.22. The summed E-state index contributed by atoms with van der Waals surface area (Å²) in [7, 11) is 0. The number of ether oxygens (including phenoxy) is 2. The van der Waals surface area contributed by atoms with E-state index in [1.807, 2.05) is 24.3 Å². The zero-order valence-corrected chi connectivity index (χ0v) is 10.0. The lowest BCUT2D eigenvalue weighted by atomic mass is 10.2. The van der Waals surface area contributed by atoms with Gasteiger partial charge in [0.1, 0.15) is 12.4 Å². The summed E-state index contributed by atoms with van der Waals surface area (Å²) in [6.45, 7) is 1.30. The fraction of sp³-hybridized carbons (Fsp3) is 0.385. The standard InChI is InChI=1S/C13H15N3O2/c14-12-10-5-1-2-6-11(10)15-13(16-12)18-8-9-4-3-7-17-9/h1-2,5-6,9H,3-4,7-8H2,(H2,14,15,16)/t9-/m1/s1. The van der Waals surface area contributed by atoms with Crippen LogP contribution in [0.3, 0.4) is 0 Å². The third-order valence-electron chi connectivity index (χ3n) is 3.03. The van der Waals surface area contributed by atoms with Crippen LogP contribution in [0.5, 0.6) is 6.01 Å². The molecule has 2 heterocycles. The predicted octanol–water partition coefficient (Wildman–Crippen LogP) is 1.77. The first-order valence-electron chi connectivity index (χ1n) is 6.09. The molecule has 1 aromatic carbocycles. The van der Waals surface area contributed by atoms with Crippen LogP contribution in [-0.2, 0) is 4.74 Å². The van der Waals surface area contributed by atoms with Crippen molar-refractivity contribution >= 4 is 16.7 Å². The molecule has 0 aliphatic carbocycles. The van der Waals surface area contributed by atoms with Gasteiger partial charge in [-0.3, -0.25) is 0 Å². The SMILES string of the molecule is Nc1nc(OC[C@H]2CCCO2)nc2ccccc12. The Balaban J connectivity index is 1.79. The van der Waals surface area contributed by atoms with E-state index in [9.17, 15) is 0 Å². The van der Waals surface area contributed by atoms with Crippen LogP contribution in [0.1, 0.15) is 12.8 Å². The molecule has 1 fully saturated rings. The molecule has 2 N–H and O–H groups in total. The number of aromatic nitrogens is 2. The number of nitrogen functional groups attached to an aromatic ring is 1. The molecule has 0 bridgehead atoms. The van der Waals surface area contributed by atoms with E-state index in [0.717, 1.165) is 30.4 Å². The first-order chi connectivity index (χ1) is 8.83. The molecule has 1 aromatic heterocycles. The lowest BCUT2D eigenvalue weighted by Crippen LogP contribution is -2.17. The highest BCUT2D eigenvalue weighted by Gasteiger charge is 2.17. The van der Waals surface area contributed by atoms with Gasteiger partial charge in [0.25, 0.3) is 0 Å². The molecule has 0 unspecified atom stereocenters. The molecule has 0 spiro atoms. The molecule has 5 nitrogen and oxygen atoms in total. The fourth-order valence-corrected chi connectivity index (χ4v) is 2.09. The normalized spacial score (nSPS) is 19.2. The molecule has 1 atom stereocenters. The number of rotatable bonds is 3. The van der Waals surface area contributed by atoms with Crippen LogP contribution in [0.4, 0.5) is 5.82 Å². The molecule has 0 saturated carbocycles. The highest BCUT2D eigenvalue weighted by atomic mass is 16.5. The number of para-hydroxylation sites is 1. The minimum Gasteiger partial charge on any atom is -0.461 e. The van der Waals surface area contributed by atoms with Crippen LogP contribution >= 0.6 is 0 Å². The molecule has 0 radical (unpaired) electrons. The number of benzene rings is 1. The maximum Gasteiger partial charge on any atom is 0.319 e. The van der Waals surface area contributed by atoms with Gasteiger partial charge in [0, 0.05) is 12.0 Å². The quantitative estimate of drug-likeness (QED) is 0.892. The van der Waals surface area contributed by atoms with Crippen molar-refractivity contribution < 1.29 is 9.47 Å². The summed E-state index contributed by atoms with van der Waals surface area (Å²) in [5.41, 5.74) is 6.68. The van der Waals surface area contributed by atoms with Gasteiger partial charge in [-0.25, -0.2) is 0 Å². The molecule has 1 aliphatic heterocycles. The van der Waals surface area contributed by atoms with Crippen molar-refractivity contribution in [1.82, 2.24) is 9.97 Å². The second-order valence-electron chi connectivity index (χ2n) is 4.35. The van der Waals surface area contributed by atoms with Crippen molar-refractivity contribution in [2.45, 2.75) is 18.9 Å². The van der Waals surface area contributed by atoms with Gasteiger partial charge in [-0.15, -0.1) is 0 Å². The van der Waals surface area contributed by atoms with Crippen molar-refractivity contribution in [1.29, 1.82) is 0 Å². The Morgan fingerprint density at radius 3 is 3.06 bits per heavy atom. The molecule has 0 amide bonds. The highest BCUT2D eigenvalue weighted by molar-refractivity contribution is 5.87. The van der Waals surface area contributed by atoms with Gasteiger partial charge in [-0.05, 0) is 25.0 Å². The van der Waals surface area contributed by atoms with Crippen molar-refractivity contribution in [3.63, 3.8) is 0 Å². The third-order valence-corrected chi connectivity index (χ3v) is 3.03. The Hall–Kier alpha value is -1.88. The number of anilines is 1. The largest absolute Gasteiger partial charge is 0.461 e. The van der Waals surface area contributed by atoms with E-state index in [2.05, 4.69) is 9.97 Å². The average molecular weight is 245 g/mol. The zero-order valence-electron chi connectivity index (χ0n) is 10.0. The molecule has 18 heavy (non-hydrogen) atoms. The zero-order chi connectivity index (χ0) is 12.4. The number of nitrogens with two attached hydrogens (primary N) is 1. The van der Waals surface area contributed by atoms with Crippen molar-refractivity contribution in [2.24, 2.45) is 0 Å². The van der Waals surface area contributed by atoms with Gasteiger partial charge < -0.3 is 15.2 Å². The molecule has 2 aromatic rings. The number of nitrogens with zero attached hydrogens (tertiary/aromatic N) is 2. The van der Waals surface area contributed by atoms with E-state index in [1.165, 1.54) is 0 Å². The summed E-state index contributed by atoms with van der Waals surface area (Å²) in [4.78, 5) is 8.48. The van der Waals surface area contributed by atoms with Crippen molar-refractivity contribution in [3.05, 3.63) is 24.3 Å². The van der Waals surface area contributed by atoms with E-state index in [-0.39, 0.29) is 6.10 Å². The van der Waals surface area contributed by atoms with E-state index < -0.39 is 0 Å². The summed E-state index contributed by atoms with van der Waals surface area (Å²) >= 11 is 0. The lowest BCUT2D eigenvalue weighted by molar-refractivity contribution is 0.0647. The van der Waals surface area contributed by atoms with Crippen molar-refractivity contribution in [3.8, 4) is 6.01 Å². The second-order valence-corrected chi connectivity index (χ2v) is 4.35. The van der Waals surface area contributed by atoms with E-state index in [0.29, 0.717) is 18.4 Å². The fourth-order valence-electron chi connectivity index (χ4n) is 2.09. The van der Waals surface area contributed by atoms with Gasteiger partial charge in [0.15, 0.2) is 0 Å². The first-order valence-corrected chi connectivity index (χ1v) is 6.09. The van der Waals surface area contributed by atoms with Gasteiger partial charge in [-0.2, -0.15) is 9.97 Å². The van der Waals surface area contributed by atoms with E-state index in [1.54, 1.807) is 0 Å². The van der Waals surface area contributed by atoms with E-state index in [4.69, 9.17) is 15.2 Å². The van der Waals surface area contributed by atoms with Crippen LogP contribution < -0.4 is 10.5 Å². The average Bonchev–Trinajstić information content (AvgIpc) is 2.90. The Morgan fingerprint density at radius 2 is 2.22 bits per heavy atom. The molecular weight excluding hydrogens is 230 g/mol. The maximum absolute atomic E-state index is 5.88. The molecule has 5 heteroatoms.